The number of carbonyl (C=O) groups excluding carboxylic acids is 2. The quantitative estimate of drug-likeness (QED) is 0.425. The number of amides is 2. The lowest BCUT2D eigenvalue weighted by Crippen LogP contribution is -2.54. The normalized spacial score (nSPS) is 19.9. The Bertz CT molecular complexity index is 1600. The molecule has 10 heteroatoms. The van der Waals surface area contributed by atoms with Crippen LogP contribution in [0.25, 0.3) is 0 Å². The molecule has 0 bridgehead atoms. The third-order valence-electron chi connectivity index (χ3n) is 8.47. The number of fused-ring (bicyclic) bond motifs is 2. The van der Waals surface area contributed by atoms with E-state index in [1.54, 1.807) is 48.2 Å². The number of halogens is 2. The molecule has 7 nitrogen and oxygen atoms in total. The lowest BCUT2D eigenvalue weighted by molar-refractivity contribution is -0.130. The molecular formula is C30H29ClFN3O4S. The van der Waals surface area contributed by atoms with Crippen LogP contribution in [0.1, 0.15) is 48.5 Å². The summed E-state index contributed by atoms with van der Waals surface area (Å²) < 4.78 is 43.6. The number of benzene rings is 3. The Morgan fingerprint density at radius 1 is 1.00 bits per heavy atom. The van der Waals surface area contributed by atoms with E-state index in [0.29, 0.717) is 47.9 Å². The highest BCUT2D eigenvalue weighted by molar-refractivity contribution is 7.92. The van der Waals surface area contributed by atoms with Gasteiger partial charge in [-0.25, -0.2) is 12.8 Å². The zero-order valence-electron chi connectivity index (χ0n) is 21.9. The van der Waals surface area contributed by atoms with E-state index in [-0.39, 0.29) is 28.7 Å². The first-order chi connectivity index (χ1) is 19.1. The molecule has 2 fully saturated rings. The van der Waals surface area contributed by atoms with Gasteiger partial charge in [0, 0.05) is 41.7 Å². The van der Waals surface area contributed by atoms with Gasteiger partial charge in [-0.1, -0.05) is 17.7 Å². The Morgan fingerprint density at radius 2 is 1.70 bits per heavy atom. The largest absolute Gasteiger partial charge is 0.343 e. The van der Waals surface area contributed by atoms with Gasteiger partial charge in [-0.15, -0.1) is 0 Å². The second kappa shape index (κ2) is 9.89. The first-order valence-electron chi connectivity index (χ1n) is 13.4. The molecule has 6 rings (SSSR count). The van der Waals surface area contributed by atoms with Crippen LogP contribution in [0.15, 0.2) is 71.6 Å². The smallest absolute Gasteiger partial charge is 0.264 e. The van der Waals surface area contributed by atoms with Crippen molar-refractivity contribution in [3.8, 4) is 0 Å². The molecule has 208 valence electrons. The minimum Gasteiger partial charge on any atom is -0.343 e. The highest BCUT2D eigenvalue weighted by atomic mass is 35.5. The number of sulfonamides is 1. The monoisotopic (exact) mass is 581 g/mol. The molecule has 1 saturated carbocycles. The molecule has 2 heterocycles. The second-order valence-corrected chi connectivity index (χ2v) is 13.1. The molecule has 3 aromatic carbocycles. The standard InChI is InChI=1S/C30H29ClFN3O4S/c1-19(36)34-15-13-30(14-16-34)26-17-21(29(37)33-24-4-2-3-22(31)18-24)7-12-27(26)35(28(30)20-5-6-20)40(38,39)25-10-8-23(32)9-11-25/h2-4,7-12,17-18,20,28H,5-6,13-16H2,1H3,(H,33,37). The van der Waals surface area contributed by atoms with Gasteiger partial charge < -0.3 is 10.2 Å². The molecule has 2 amide bonds. The van der Waals surface area contributed by atoms with E-state index in [1.807, 2.05) is 6.07 Å². The maximum atomic E-state index is 14.2. The molecule has 3 aromatic rings. The van der Waals surface area contributed by atoms with Crippen molar-refractivity contribution in [3.63, 3.8) is 0 Å². The van der Waals surface area contributed by atoms with Crippen LogP contribution in [0, 0.1) is 11.7 Å². The number of hydrogen-bond acceptors (Lipinski definition) is 4. The number of rotatable bonds is 5. The van der Waals surface area contributed by atoms with Crippen molar-refractivity contribution in [1.29, 1.82) is 0 Å². The van der Waals surface area contributed by atoms with Crippen LogP contribution in [0.4, 0.5) is 15.8 Å². The third-order valence-corrected chi connectivity index (χ3v) is 10.5. The van der Waals surface area contributed by atoms with Crippen LogP contribution in [0.5, 0.6) is 0 Å². The third kappa shape index (κ3) is 4.55. The highest BCUT2D eigenvalue weighted by Gasteiger charge is 2.60. The summed E-state index contributed by atoms with van der Waals surface area (Å²) in [5.41, 5.74) is 1.73. The van der Waals surface area contributed by atoms with E-state index < -0.39 is 21.3 Å². The van der Waals surface area contributed by atoms with Crippen LogP contribution >= 0.6 is 11.6 Å². The number of nitrogens with zero attached hydrogens (tertiary/aromatic N) is 2. The molecule has 1 saturated heterocycles. The molecule has 0 radical (unpaired) electrons. The van der Waals surface area contributed by atoms with Crippen LogP contribution in [-0.4, -0.2) is 44.3 Å². The summed E-state index contributed by atoms with van der Waals surface area (Å²) >= 11 is 6.09. The van der Waals surface area contributed by atoms with Crippen molar-refractivity contribution >= 4 is 44.8 Å². The number of carbonyl (C=O) groups is 2. The maximum Gasteiger partial charge on any atom is 0.264 e. The second-order valence-electron chi connectivity index (χ2n) is 10.9. The summed E-state index contributed by atoms with van der Waals surface area (Å²) in [6.45, 7) is 2.55. The Morgan fingerprint density at radius 3 is 2.33 bits per heavy atom. The number of hydrogen-bond donors (Lipinski definition) is 1. The van der Waals surface area contributed by atoms with E-state index in [1.165, 1.54) is 16.4 Å². The Balaban J connectivity index is 1.46. The van der Waals surface area contributed by atoms with Gasteiger partial charge >= 0.3 is 0 Å². The lowest BCUT2D eigenvalue weighted by atomic mass is 9.68. The van der Waals surface area contributed by atoms with E-state index >= 15 is 0 Å². The summed E-state index contributed by atoms with van der Waals surface area (Å²) in [4.78, 5) is 27.3. The van der Waals surface area contributed by atoms with E-state index in [4.69, 9.17) is 11.6 Å². The number of nitrogens with one attached hydrogen (secondary N) is 1. The molecule has 1 unspecified atom stereocenters. The fourth-order valence-corrected chi connectivity index (χ4v) is 8.40. The molecule has 40 heavy (non-hydrogen) atoms. The van der Waals surface area contributed by atoms with Crippen LogP contribution in [0.2, 0.25) is 5.02 Å². The zero-order valence-corrected chi connectivity index (χ0v) is 23.5. The van der Waals surface area contributed by atoms with Crippen molar-refractivity contribution in [3.05, 3.63) is 88.7 Å². The fraction of sp³-hybridized carbons (Fsp3) is 0.333. The van der Waals surface area contributed by atoms with Gasteiger partial charge in [0.1, 0.15) is 5.82 Å². The fourth-order valence-electron chi connectivity index (χ4n) is 6.41. The van der Waals surface area contributed by atoms with Crippen molar-refractivity contribution in [2.24, 2.45) is 5.92 Å². The lowest BCUT2D eigenvalue weighted by Gasteiger charge is -2.45. The summed E-state index contributed by atoms with van der Waals surface area (Å²) in [7, 11) is -4.04. The average Bonchev–Trinajstić information content (AvgIpc) is 3.73. The molecule has 3 aliphatic rings. The predicted octanol–water partition coefficient (Wildman–Crippen LogP) is 5.60. The van der Waals surface area contributed by atoms with Crippen molar-refractivity contribution in [1.82, 2.24) is 4.90 Å². The Hall–Kier alpha value is -3.43. The number of anilines is 2. The molecule has 1 N–H and O–H groups in total. The summed E-state index contributed by atoms with van der Waals surface area (Å²) in [5.74, 6) is -0.705. The molecule has 0 aromatic heterocycles. The molecule has 2 aliphatic heterocycles. The topological polar surface area (TPSA) is 86.8 Å². The molecule has 1 aliphatic carbocycles. The first kappa shape index (κ1) is 26.8. The van der Waals surface area contributed by atoms with Crippen molar-refractivity contribution < 1.29 is 22.4 Å². The average molecular weight is 582 g/mol. The SMILES string of the molecule is CC(=O)N1CCC2(CC1)c1cc(C(=O)Nc3cccc(Cl)c3)ccc1N(S(=O)(=O)c1ccc(F)cc1)C2C1CC1. The van der Waals surface area contributed by atoms with Crippen molar-refractivity contribution in [2.75, 3.05) is 22.7 Å². The van der Waals surface area contributed by atoms with Crippen LogP contribution in [-0.2, 0) is 20.2 Å². The predicted molar refractivity (Wildman–Crippen MR) is 152 cm³/mol. The summed E-state index contributed by atoms with van der Waals surface area (Å²) in [6.07, 6.45) is 2.95. The number of likely N-dealkylation sites (tertiary alicyclic amines) is 1. The minimum absolute atomic E-state index is 0.0125. The van der Waals surface area contributed by atoms with E-state index in [2.05, 4.69) is 5.32 Å². The van der Waals surface area contributed by atoms with E-state index in [9.17, 15) is 22.4 Å². The molecule has 1 atom stereocenters. The van der Waals surface area contributed by atoms with Crippen molar-refractivity contribution in [2.45, 2.75) is 49.0 Å². The molecule has 1 spiro atoms. The van der Waals surface area contributed by atoms with Gasteiger partial charge in [-0.05, 0) is 97.8 Å². The van der Waals surface area contributed by atoms with E-state index in [0.717, 1.165) is 30.5 Å². The van der Waals surface area contributed by atoms with Gasteiger partial charge in [0.25, 0.3) is 15.9 Å². The van der Waals surface area contributed by atoms with Gasteiger partial charge in [-0.3, -0.25) is 13.9 Å². The minimum atomic E-state index is -4.04. The Kier molecular flexibility index (Phi) is 6.62. The Labute approximate surface area is 238 Å². The van der Waals surface area contributed by atoms with Gasteiger partial charge in [0.15, 0.2) is 0 Å². The van der Waals surface area contributed by atoms with Gasteiger partial charge in [-0.2, -0.15) is 0 Å². The molecular weight excluding hydrogens is 553 g/mol. The van der Waals surface area contributed by atoms with Gasteiger partial charge in [0.05, 0.1) is 16.6 Å². The summed E-state index contributed by atoms with van der Waals surface area (Å²) in [5, 5.41) is 3.38. The maximum absolute atomic E-state index is 14.2. The first-order valence-corrected chi connectivity index (χ1v) is 15.2. The highest BCUT2D eigenvalue weighted by Crippen LogP contribution is 2.59. The van der Waals surface area contributed by atoms with Gasteiger partial charge in [0.2, 0.25) is 5.91 Å². The van der Waals surface area contributed by atoms with Crippen LogP contribution < -0.4 is 9.62 Å². The zero-order chi connectivity index (χ0) is 28.2. The van der Waals surface area contributed by atoms with Crippen LogP contribution in [0.3, 0.4) is 0 Å². The number of piperidine rings is 1. The summed E-state index contributed by atoms with van der Waals surface area (Å²) in [6, 6.07) is 16.6.